The fraction of sp³-hybridized carbons (Fsp3) is 1.00. The minimum Gasteiger partial charge on any atom is -0.379 e. The maximum Gasteiger partial charge on any atom is 0.0518 e. The molecule has 0 spiro atoms. The summed E-state index contributed by atoms with van der Waals surface area (Å²) < 4.78 is 5.45. The van der Waals surface area contributed by atoms with Crippen molar-refractivity contribution in [3.05, 3.63) is 0 Å². The van der Waals surface area contributed by atoms with Crippen molar-refractivity contribution in [1.82, 2.24) is 4.90 Å². The van der Waals surface area contributed by atoms with Crippen LogP contribution in [-0.2, 0) is 4.74 Å². The molecule has 0 N–H and O–H groups in total. The predicted octanol–water partition coefficient (Wildman–Crippen LogP) is 2.14. The van der Waals surface area contributed by atoms with Gasteiger partial charge in [-0.2, -0.15) is 0 Å². The lowest BCUT2D eigenvalue weighted by Crippen LogP contribution is -2.25. The third kappa shape index (κ3) is 6.62. The highest BCUT2D eigenvalue weighted by Gasteiger charge is 1.98. The van der Waals surface area contributed by atoms with Crippen molar-refractivity contribution in [3.63, 3.8) is 0 Å². The predicted molar refractivity (Wildman–Crippen MR) is 53.5 cm³/mol. The van der Waals surface area contributed by atoms with Crippen LogP contribution in [0.4, 0.5) is 0 Å². The Morgan fingerprint density at radius 2 is 1.75 bits per heavy atom. The molecule has 0 heterocycles. The van der Waals surface area contributed by atoms with Gasteiger partial charge in [-0.25, -0.2) is 0 Å². The van der Waals surface area contributed by atoms with E-state index in [1.54, 1.807) is 0 Å². The van der Waals surface area contributed by atoms with Gasteiger partial charge < -0.3 is 9.64 Å². The van der Waals surface area contributed by atoms with E-state index in [2.05, 4.69) is 32.6 Å². The molecule has 74 valence electrons. The van der Waals surface area contributed by atoms with Crippen molar-refractivity contribution < 1.29 is 4.74 Å². The standard InChI is InChI=1S/C10H23NO/c1-5-11(6-2)8-7-9-12-10(3)4/h10H,5-9H2,1-4H3. The molecule has 2 nitrogen and oxygen atoms in total. The van der Waals surface area contributed by atoms with Gasteiger partial charge in [0.05, 0.1) is 6.10 Å². The molecule has 2 heteroatoms. The Bertz CT molecular complexity index is 89.8. The summed E-state index contributed by atoms with van der Waals surface area (Å²) in [5, 5.41) is 0. The number of hydrogen-bond acceptors (Lipinski definition) is 2. The van der Waals surface area contributed by atoms with Crippen LogP contribution in [0.15, 0.2) is 0 Å². The second-order valence-electron chi connectivity index (χ2n) is 3.30. The summed E-state index contributed by atoms with van der Waals surface area (Å²) in [5.41, 5.74) is 0. The average molecular weight is 173 g/mol. The first-order chi connectivity index (χ1) is 5.70. The third-order valence-corrected chi connectivity index (χ3v) is 1.96. The Kier molecular flexibility index (Phi) is 7.51. The normalized spacial score (nSPS) is 11.5. The molecule has 0 aliphatic rings. The van der Waals surface area contributed by atoms with Crippen LogP contribution in [0.2, 0.25) is 0 Å². The molecule has 0 bridgehead atoms. The molecule has 0 amide bonds. The molecule has 0 aliphatic heterocycles. The van der Waals surface area contributed by atoms with E-state index in [4.69, 9.17) is 4.74 Å². The summed E-state index contributed by atoms with van der Waals surface area (Å²) in [5.74, 6) is 0. The minimum absolute atomic E-state index is 0.377. The van der Waals surface area contributed by atoms with Crippen LogP contribution in [0.25, 0.3) is 0 Å². The van der Waals surface area contributed by atoms with Crippen molar-refractivity contribution in [2.75, 3.05) is 26.2 Å². The Balaban J connectivity index is 3.17. The first kappa shape index (κ1) is 11.9. The molecule has 0 radical (unpaired) electrons. The van der Waals surface area contributed by atoms with Crippen LogP contribution in [0.3, 0.4) is 0 Å². The maximum atomic E-state index is 5.45. The van der Waals surface area contributed by atoms with Crippen LogP contribution >= 0.6 is 0 Å². The summed E-state index contributed by atoms with van der Waals surface area (Å²) in [6, 6.07) is 0. The second kappa shape index (κ2) is 7.56. The molecule has 0 aromatic heterocycles. The molecule has 0 saturated carbocycles. The fourth-order valence-electron chi connectivity index (χ4n) is 1.15. The number of nitrogens with zero attached hydrogens (tertiary/aromatic N) is 1. The molecule has 0 saturated heterocycles. The molecular weight excluding hydrogens is 150 g/mol. The number of hydrogen-bond donors (Lipinski definition) is 0. The van der Waals surface area contributed by atoms with Crippen LogP contribution in [0.5, 0.6) is 0 Å². The van der Waals surface area contributed by atoms with Gasteiger partial charge >= 0.3 is 0 Å². The summed E-state index contributed by atoms with van der Waals surface area (Å²) in [6.45, 7) is 12.9. The lowest BCUT2D eigenvalue weighted by molar-refractivity contribution is 0.0712. The van der Waals surface area contributed by atoms with Gasteiger partial charge in [0.25, 0.3) is 0 Å². The lowest BCUT2D eigenvalue weighted by atomic mass is 10.4. The smallest absolute Gasteiger partial charge is 0.0518 e. The minimum atomic E-state index is 0.377. The van der Waals surface area contributed by atoms with Crippen LogP contribution in [0.1, 0.15) is 34.1 Å². The van der Waals surface area contributed by atoms with Crippen LogP contribution in [0, 0.1) is 0 Å². The highest BCUT2D eigenvalue weighted by atomic mass is 16.5. The van der Waals surface area contributed by atoms with Gasteiger partial charge in [0.1, 0.15) is 0 Å². The van der Waals surface area contributed by atoms with E-state index >= 15 is 0 Å². The van der Waals surface area contributed by atoms with E-state index < -0.39 is 0 Å². The Morgan fingerprint density at radius 3 is 2.17 bits per heavy atom. The quantitative estimate of drug-likeness (QED) is 0.547. The van der Waals surface area contributed by atoms with Crippen molar-refractivity contribution in [2.24, 2.45) is 0 Å². The Labute approximate surface area is 76.9 Å². The van der Waals surface area contributed by atoms with Crippen LogP contribution < -0.4 is 0 Å². The van der Waals surface area contributed by atoms with Gasteiger partial charge in [0.15, 0.2) is 0 Å². The molecule has 0 aromatic carbocycles. The fourth-order valence-corrected chi connectivity index (χ4v) is 1.15. The maximum absolute atomic E-state index is 5.45. The Morgan fingerprint density at radius 1 is 1.17 bits per heavy atom. The van der Waals surface area contributed by atoms with Crippen molar-refractivity contribution in [2.45, 2.75) is 40.2 Å². The first-order valence-electron chi connectivity index (χ1n) is 5.04. The zero-order valence-corrected chi connectivity index (χ0v) is 8.97. The van der Waals surface area contributed by atoms with Gasteiger partial charge in [-0.1, -0.05) is 13.8 Å². The van der Waals surface area contributed by atoms with Gasteiger partial charge in [-0.3, -0.25) is 0 Å². The topological polar surface area (TPSA) is 12.5 Å². The molecule has 0 aromatic rings. The van der Waals surface area contributed by atoms with Crippen molar-refractivity contribution in [1.29, 1.82) is 0 Å². The molecule has 0 atom stereocenters. The van der Waals surface area contributed by atoms with E-state index in [9.17, 15) is 0 Å². The van der Waals surface area contributed by atoms with Gasteiger partial charge in [-0.05, 0) is 33.4 Å². The van der Waals surface area contributed by atoms with Gasteiger partial charge in [-0.15, -0.1) is 0 Å². The van der Waals surface area contributed by atoms with E-state index in [0.717, 1.165) is 26.1 Å². The Hall–Kier alpha value is -0.0800. The number of rotatable bonds is 7. The van der Waals surface area contributed by atoms with Crippen molar-refractivity contribution in [3.8, 4) is 0 Å². The van der Waals surface area contributed by atoms with E-state index in [1.807, 2.05) is 0 Å². The van der Waals surface area contributed by atoms with Crippen LogP contribution in [-0.4, -0.2) is 37.2 Å². The molecule has 0 unspecified atom stereocenters. The summed E-state index contributed by atoms with van der Waals surface area (Å²) >= 11 is 0. The lowest BCUT2D eigenvalue weighted by Gasteiger charge is -2.17. The highest BCUT2D eigenvalue weighted by molar-refractivity contribution is 4.51. The highest BCUT2D eigenvalue weighted by Crippen LogP contribution is 1.94. The molecule has 0 fully saturated rings. The van der Waals surface area contributed by atoms with E-state index in [-0.39, 0.29) is 0 Å². The SMILES string of the molecule is CCN(CC)CCCOC(C)C. The van der Waals surface area contributed by atoms with E-state index in [1.165, 1.54) is 6.54 Å². The third-order valence-electron chi connectivity index (χ3n) is 1.96. The zero-order chi connectivity index (χ0) is 9.40. The summed E-state index contributed by atoms with van der Waals surface area (Å²) in [7, 11) is 0. The average Bonchev–Trinajstić information content (AvgIpc) is 2.04. The second-order valence-corrected chi connectivity index (χ2v) is 3.30. The first-order valence-corrected chi connectivity index (χ1v) is 5.04. The largest absolute Gasteiger partial charge is 0.379 e. The molecular formula is C10H23NO. The van der Waals surface area contributed by atoms with Gasteiger partial charge in [0.2, 0.25) is 0 Å². The molecule has 0 rings (SSSR count). The number of ether oxygens (including phenoxy) is 1. The molecule has 12 heavy (non-hydrogen) atoms. The molecule has 0 aliphatic carbocycles. The van der Waals surface area contributed by atoms with Gasteiger partial charge in [0, 0.05) is 13.2 Å². The van der Waals surface area contributed by atoms with E-state index in [0.29, 0.717) is 6.10 Å². The summed E-state index contributed by atoms with van der Waals surface area (Å²) in [4.78, 5) is 2.42. The summed E-state index contributed by atoms with van der Waals surface area (Å²) in [6.07, 6.45) is 1.53. The monoisotopic (exact) mass is 173 g/mol. The van der Waals surface area contributed by atoms with Crippen molar-refractivity contribution >= 4 is 0 Å². The zero-order valence-electron chi connectivity index (χ0n) is 8.97.